The van der Waals surface area contributed by atoms with Crippen LogP contribution in [0.2, 0.25) is 0 Å². The van der Waals surface area contributed by atoms with Crippen LogP contribution in [0.5, 0.6) is 0 Å². The molecule has 4 heteroatoms. The van der Waals surface area contributed by atoms with Crippen molar-refractivity contribution in [3.8, 4) is 0 Å². The Balaban J connectivity index is 3.53. The molecule has 0 amide bonds. The molecule has 0 aromatic rings. The largest absolute Gasteiger partial charge is 0.457 e. The molecule has 44 heavy (non-hydrogen) atoms. The highest BCUT2D eigenvalue weighted by Crippen LogP contribution is 2.13. The van der Waals surface area contributed by atoms with Gasteiger partial charge in [-0.1, -0.05) is 158 Å². The Bertz CT molecular complexity index is 734. The normalized spacial score (nSPS) is 13.1. The van der Waals surface area contributed by atoms with E-state index in [1.807, 2.05) is 0 Å². The first-order valence-electron chi connectivity index (χ1n) is 18.4. The Kier molecular flexibility index (Phi) is 35.7. The van der Waals surface area contributed by atoms with Gasteiger partial charge in [-0.25, -0.2) is 0 Å². The molecule has 0 fully saturated rings. The van der Waals surface area contributed by atoms with Gasteiger partial charge in [-0.2, -0.15) is 0 Å². The maximum Gasteiger partial charge on any atom is 0.306 e. The Labute approximate surface area is 273 Å². The maximum absolute atomic E-state index is 12.1. The highest BCUT2D eigenvalue weighted by molar-refractivity contribution is 5.69. The van der Waals surface area contributed by atoms with Gasteiger partial charge in [0, 0.05) is 13.0 Å². The van der Waals surface area contributed by atoms with Gasteiger partial charge in [-0.05, 0) is 57.8 Å². The lowest BCUT2D eigenvalue weighted by Gasteiger charge is -2.15. The lowest BCUT2D eigenvalue weighted by molar-refractivity contribution is -0.154. The molecule has 1 atom stereocenters. The lowest BCUT2D eigenvalue weighted by atomic mass is 10.0. The van der Waals surface area contributed by atoms with E-state index in [-0.39, 0.29) is 19.2 Å². The SMILES string of the molecule is CC/C=C\C/C=C\C/C=C\C/C=C\C/C=C\CCCCCCOCC(CO)OC(=O)CCCCCCCCCCCCCC. The van der Waals surface area contributed by atoms with Crippen LogP contribution in [0.1, 0.15) is 162 Å². The predicted molar refractivity (Wildman–Crippen MR) is 191 cm³/mol. The van der Waals surface area contributed by atoms with Crippen molar-refractivity contribution in [2.75, 3.05) is 19.8 Å². The number of esters is 1. The minimum atomic E-state index is -0.546. The molecule has 4 nitrogen and oxygen atoms in total. The molecule has 0 radical (unpaired) electrons. The van der Waals surface area contributed by atoms with E-state index in [9.17, 15) is 9.90 Å². The van der Waals surface area contributed by atoms with Crippen LogP contribution in [0, 0.1) is 0 Å². The number of aliphatic hydroxyl groups excluding tert-OH is 1. The maximum atomic E-state index is 12.1. The van der Waals surface area contributed by atoms with E-state index < -0.39 is 6.10 Å². The molecule has 0 aromatic heterocycles. The number of ether oxygens (including phenoxy) is 2. The van der Waals surface area contributed by atoms with Crippen LogP contribution in [0.3, 0.4) is 0 Å². The predicted octanol–water partition coefficient (Wildman–Crippen LogP) is 11.7. The molecule has 0 bridgehead atoms. The molecule has 254 valence electrons. The van der Waals surface area contributed by atoms with Crippen molar-refractivity contribution < 1.29 is 19.4 Å². The number of unbranched alkanes of at least 4 members (excludes halogenated alkanes) is 15. The molecule has 0 saturated heterocycles. The standard InChI is InChI=1S/C40H70O4/c1-3-5-7-9-11-13-15-17-18-19-20-21-22-23-24-26-28-30-32-34-36-43-38-39(37-41)44-40(42)35-33-31-29-27-25-16-14-12-10-8-6-4-2/h5,7,11,13,17-18,20-21,23-24,39,41H,3-4,6,8-10,12,14-16,19,22,25-38H2,1-2H3/b7-5-,13-11-,18-17-,21-20-,24-23-. The molecule has 1 unspecified atom stereocenters. The second kappa shape index (κ2) is 37.3. The van der Waals surface area contributed by atoms with Crippen LogP contribution >= 0.6 is 0 Å². The fourth-order valence-electron chi connectivity index (χ4n) is 4.88. The summed E-state index contributed by atoms with van der Waals surface area (Å²) in [6, 6.07) is 0. The molecule has 0 aliphatic carbocycles. The number of carbonyl (C=O) groups is 1. The third kappa shape index (κ3) is 34.6. The summed E-state index contributed by atoms with van der Waals surface area (Å²) >= 11 is 0. The molecular formula is C40H70O4. The van der Waals surface area contributed by atoms with Crippen molar-refractivity contribution >= 4 is 5.97 Å². The summed E-state index contributed by atoms with van der Waals surface area (Å²) in [5.74, 6) is -0.213. The van der Waals surface area contributed by atoms with Crippen LogP contribution in [-0.4, -0.2) is 37.0 Å². The highest BCUT2D eigenvalue weighted by Gasteiger charge is 2.13. The van der Waals surface area contributed by atoms with Gasteiger partial charge in [-0.3, -0.25) is 4.79 Å². The van der Waals surface area contributed by atoms with Crippen LogP contribution in [0.15, 0.2) is 60.8 Å². The van der Waals surface area contributed by atoms with Crippen molar-refractivity contribution in [1.82, 2.24) is 0 Å². The first-order chi connectivity index (χ1) is 21.7. The van der Waals surface area contributed by atoms with E-state index in [1.54, 1.807) is 0 Å². The van der Waals surface area contributed by atoms with E-state index in [0.29, 0.717) is 13.0 Å². The fraction of sp³-hybridized carbons (Fsp3) is 0.725. The number of hydrogen-bond donors (Lipinski definition) is 1. The average molecular weight is 615 g/mol. The first kappa shape index (κ1) is 42.1. The molecular weight excluding hydrogens is 544 g/mol. The number of allylic oxidation sites excluding steroid dienone is 10. The number of aliphatic hydroxyl groups is 1. The van der Waals surface area contributed by atoms with Crippen molar-refractivity contribution in [1.29, 1.82) is 0 Å². The zero-order valence-electron chi connectivity index (χ0n) is 28.9. The zero-order valence-corrected chi connectivity index (χ0v) is 28.9. The summed E-state index contributed by atoms with van der Waals surface area (Å²) in [5.41, 5.74) is 0. The fourth-order valence-corrected chi connectivity index (χ4v) is 4.88. The number of carbonyl (C=O) groups excluding carboxylic acids is 1. The lowest BCUT2D eigenvalue weighted by Crippen LogP contribution is -2.27. The van der Waals surface area contributed by atoms with Gasteiger partial charge in [0.25, 0.3) is 0 Å². The zero-order chi connectivity index (χ0) is 32.0. The minimum Gasteiger partial charge on any atom is -0.457 e. The van der Waals surface area contributed by atoms with Gasteiger partial charge < -0.3 is 14.6 Å². The Morgan fingerprint density at radius 2 is 1.02 bits per heavy atom. The molecule has 1 N–H and O–H groups in total. The van der Waals surface area contributed by atoms with Gasteiger partial charge >= 0.3 is 5.97 Å². The van der Waals surface area contributed by atoms with E-state index in [2.05, 4.69) is 74.6 Å². The van der Waals surface area contributed by atoms with Crippen LogP contribution in [0.25, 0.3) is 0 Å². The van der Waals surface area contributed by atoms with E-state index >= 15 is 0 Å². The van der Waals surface area contributed by atoms with Gasteiger partial charge in [0.15, 0.2) is 0 Å². The minimum absolute atomic E-state index is 0.183. The summed E-state index contributed by atoms with van der Waals surface area (Å²) in [4.78, 5) is 12.1. The summed E-state index contributed by atoms with van der Waals surface area (Å²) in [6.07, 6.45) is 48.3. The summed E-state index contributed by atoms with van der Waals surface area (Å²) in [6.45, 7) is 5.16. The molecule has 0 rings (SSSR count). The third-order valence-electron chi connectivity index (χ3n) is 7.61. The van der Waals surface area contributed by atoms with Crippen molar-refractivity contribution in [3.63, 3.8) is 0 Å². The van der Waals surface area contributed by atoms with Gasteiger partial charge in [-0.15, -0.1) is 0 Å². The Hall–Kier alpha value is -1.91. The number of hydrogen-bond acceptors (Lipinski definition) is 4. The summed E-state index contributed by atoms with van der Waals surface area (Å²) in [7, 11) is 0. The summed E-state index contributed by atoms with van der Waals surface area (Å²) < 4.78 is 11.1. The smallest absolute Gasteiger partial charge is 0.306 e. The highest BCUT2D eigenvalue weighted by atomic mass is 16.6. The third-order valence-corrected chi connectivity index (χ3v) is 7.61. The van der Waals surface area contributed by atoms with Crippen LogP contribution in [0.4, 0.5) is 0 Å². The van der Waals surface area contributed by atoms with Crippen LogP contribution < -0.4 is 0 Å². The van der Waals surface area contributed by atoms with E-state index in [1.165, 1.54) is 77.0 Å². The second-order valence-corrected chi connectivity index (χ2v) is 11.9. The van der Waals surface area contributed by atoms with Crippen molar-refractivity contribution in [3.05, 3.63) is 60.8 Å². The molecule has 0 aromatic carbocycles. The quantitative estimate of drug-likeness (QED) is 0.0454. The van der Waals surface area contributed by atoms with Crippen molar-refractivity contribution in [2.45, 2.75) is 168 Å². The van der Waals surface area contributed by atoms with E-state index in [4.69, 9.17) is 9.47 Å². The second-order valence-electron chi connectivity index (χ2n) is 11.9. The van der Waals surface area contributed by atoms with Gasteiger partial charge in [0.1, 0.15) is 6.10 Å². The Morgan fingerprint density at radius 3 is 1.55 bits per heavy atom. The monoisotopic (exact) mass is 615 g/mol. The van der Waals surface area contributed by atoms with Crippen LogP contribution in [-0.2, 0) is 14.3 Å². The molecule has 0 saturated carbocycles. The summed E-state index contributed by atoms with van der Waals surface area (Å²) in [5, 5.41) is 9.54. The topological polar surface area (TPSA) is 55.8 Å². The molecule has 0 heterocycles. The molecule has 0 spiro atoms. The van der Waals surface area contributed by atoms with E-state index in [0.717, 1.165) is 64.2 Å². The molecule has 0 aliphatic heterocycles. The van der Waals surface area contributed by atoms with Gasteiger partial charge in [0.2, 0.25) is 0 Å². The number of rotatable bonds is 33. The van der Waals surface area contributed by atoms with Gasteiger partial charge in [0.05, 0.1) is 13.2 Å². The average Bonchev–Trinajstić information content (AvgIpc) is 3.03. The Morgan fingerprint density at radius 1 is 0.568 bits per heavy atom. The molecule has 0 aliphatic rings. The first-order valence-corrected chi connectivity index (χ1v) is 18.4. The van der Waals surface area contributed by atoms with Crippen molar-refractivity contribution in [2.24, 2.45) is 0 Å².